The molecule has 0 spiro atoms. The van der Waals surface area contributed by atoms with Crippen molar-refractivity contribution in [1.29, 1.82) is 0 Å². The van der Waals surface area contributed by atoms with Crippen molar-refractivity contribution in [3.05, 3.63) is 40.3 Å². The molecule has 2 rings (SSSR count). The highest BCUT2D eigenvalue weighted by Gasteiger charge is 2.01. The summed E-state index contributed by atoms with van der Waals surface area (Å²) in [5, 5.41) is 0. The molecule has 0 aliphatic rings. The summed E-state index contributed by atoms with van der Waals surface area (Å²) >= 11 is 0. The summed E-state index contributed by atoms with van der Waals surface area (Å²) in [6.07, 6.45) is 0.450. The van der Waals surface area contributed by atoms with Crippen LogP contribution in [0.15, 0.2) is 29.1 Å². The number of carbonyl (C=O) groups excluding carboxylic acids is 1. The number of para-hydroxylation sites is 2. The summed E-state index contributed by atoms with van der Waals surface area (Å²) in [4.78, 5) is 27.9. The number of aldehydes is 1. The fraction of sp³-hybridized carbons (Fsp3) is 0.182. The smallest absolute Gasteiger partial charge is 0.277 e. The number of hydrogen-bond acceptors (Lipinski definition) is 3. The van der Waals surface area contributed by atoms with E-state index >= 15 is 0 Å². The second-order valence-corrected chi connectivity index (χ2v) is 2.59. The van der Waals surface area contributed by atoms with Gasteiger partial charge in [0, 0.05) is 0 Å². The second kappa shape index (κ2) is 5.05. The predicted octanol–water partition coefficient (Wildman–Crippen LogP) is 1.76. The van der Waals surface area contributed by atoms with Crippen LogP contribution in [-0.4, -0.2) is 16.3 Å². The van der Waals surface area contributed by atoms with Crippen LogP contribution in [0.2, 0.25) is 0 Å². The van der Waals surface area contributed by atoms with E-state index in [2.05, 4.69) is 9.97 Å². The molecular weight excluding hydrogens is 192 g/mol. The largest absolute Gasteiger partial charge is 0.319 e. The maximum absolute atomic E-state index is 11.1. The first-order valence-electron chi connectivity index (χ1n) is 4.75. The molecule has 0 unspecified atom stereocenters. The van der Waals surface area contributed by atoms with Crippen LogP contribution in [0.5, 0.6) is 0 Å². The number of aromatic amines is 1. The number of hydrogen-bond donors (Lipinski definition) is 1. The standard InChI is InChI=1S/C9H6N2O2.C2H6/c12-5-8-9(13)11-7-4-2-1-3-6(7)10-8;1-2/h1-5H,(H,11,13);1-2H3. The average Bonchev–Trinajstić information content (AvgIpc) is 2.31. The number of nitrogens with one attached hydrogen (secondary N) is 1. The highest BCUT2D eigenvalue weighted by atomic mass is 16.1. The molecule has 0 aliphatic carbocycles. The molecule has 4 nitrogen and oxygen atoms in total. The second-order valence-electron chi connectivity index (χ2n) is 2.59. The third-order valence-electron chi connectivity index (χ3n) is 1.74. The first-order valence-corrected chi connectivity index (χ1v) is 4.75. The lowest BCUT2D eigenvalue weighted by Gasteiger charge is -1.95. The predicted molar refractivity (Wildman–Crippen MR) is 59.1 cm³/mol. The Morgan fingerprint density at radius 1 is 1.27 bits per heavy atom. The molecule has 0 bridgehead atoms. The summed E-state index contributed by atoms with van der Waals surface area (Å²) in [6.45, 7) is 4.00. The van der Waals surface area contributed by atoms with Crippen molar-refractivity contribution in [2.24, 2.45) is 0 Å². The number of aromatic nitrogens is 2. The molecule has 0 atom stereocenters. The van der Waals surface area contributed by atoms with Gasteiger partial charge in [0.15, 0.2) is 12.0 Å². The summed E-state index contributed by atoms with van der Waals surface area (Å²) in [7, 11) is 0. The van der Waals surface area contributed by atoms with Crippen LogP contribution in [0.1, 0.15) is 24.3 Å². The van der Waals surface area contributed by atoms with E-state index in [9.17, 15) is 9.59 Å². The van der Waals surface area contributed by atoms with Crippen molar-refractivity contribution in [2.75, 3.05) is 0 Å². The zero-order valence-corrected chi connectivity index (χ0v) is 8.65. The van der Waals surface area contributed by atoms with Crippen LogP contribution in [-0.2, 0) is 0 Å². The number of H-pyrrole nitrogens is 1. The molecule has 0 saturated carbocycles. The van der Waals surface area contributed by atoms with Gasteiger partial charge in [-0.05, 0) is 12.1 Å². The Labute approximate surface area is 87.0 Å². The van der Waals surface area contributed by atoms with E-state index in [-0.39, 0.29) is 5.69 Å². The SMILES string of the molecule is CC.O=Cc1nc2ccccc2[nH]c1=O. The number of carbonyl (C=O) groups is 1. The maximum atomic E-state index is 11.1. The topological polar surface area (TPSA) is 62.8 Å². The third kappa shape index (κ3) is 2.28. The molecule has 0 saturated heterocycles. The number of benzene rings is 1. The molecule has 1 aromatic carbocycles. The van der Waals surface area contributed by atoms with E-state index in [1.54, 1.807) is 24.3 Å². The number of fused-ring (bicyclic) bond motifs is 1. The van der Waals surface area contributed by atoms with Gasteiger partial charge in [-0.25, -0.2) is 4.98 Å². The quantitative estimate of drug-likeness (QED) is 0.720. The Morgan fingerprint density at radius 2 is 1.93 bits per heavy atom. The van der Waals surface area contributed by atoms with Gasteiger partial charge in [0.25, 0.3) is 5.56 Å². The number of nitrogens with zero attached hydrogens (tertiary/aromatic N) is 1. The zero-order valence-electron chi connectivity index (χ0n) is 8.65. The fourth-order valence-corrected chi connectivity index (χ4v) is 1.12. The fourth-order valence-electron chi connectivity index (χ4n) is 1.12. The molecule has 1 N–H and O–H groups in total. The van der Waals surface area contributed by atoms with Crippen molar-refractivity contribution < 1.29 is 4.79 Å². The molecule has 1 aromatic heterocycles. The summed E-state index contributed by atoms with van der Waals surface area (Å²) in [5.41, 5.74) is 0.717. The molecule has 2 aromatic rings. The van der Waals surface area contributed by atoms with Crippen LogP contribution in [0, 0.1) is 0 Å². The summed E-state index contributed by atoms with van der Waals surface area (Å²) in [6, 6.07) is 7.05. The first-order chi connectivity index (χ1) is 7.31. The van der Waals surface area contributed by atoms with Gasteiger partial charge < -0.3 is 4.98 Å². The van der Waals surface area contributed by atoms with Gasteiger partial charge in [-0.3, -0.25) is 9.59 Å². The first kappa shape index (κ1) is 11.1. The van der Waals surface area contributed by atoms with Gasteiger partial charge in [-0.2, -0.15) is 0 Å². The van der Waals surface area contributed by atoms with Crippen LogP contribution in [0.25, 0.3) is 11.0 Å². The van der Waals surface area contributed by atoms with Crippen LogP contribution >= 0.6 is 0 Å². The molecule has 0 fully saturated rings. The third-order valence-corrected chi connectivity index (χ3v) is 1.74. The molecule has 4 heteroatoms. The van der Waals surface area contributed by atoms with Crippen LogP contribution in [0.4, 0.5) is 0 Å². The minimum atomic E-state index is -0.450. The van der Waals surface area contributed by atoms with E-state index in [0.29, 0.717) is 17.3 Å². The molecule has 0 amide bonds. The Bertz CT molecular complexity index is 517. The average molecular weight is 204 g/mol. The van der Waals surface area contributed by atoms with Crippen LogP contribution in [0.3, 0.4) is 0 Å². The Balaban J connectivity index is 0.000000531. The van der Waals surface area contributed by atoms with Crippen molar-refractivity contribution in [3.8, 4) is 0 Å². The summed E-state index contributed by atoms with van der Waals surface area (Å²) in [5.74, 6) is 0. The molecule has 0 radical (unpaired) electrons. The van der Waals surface area contributed by atoms with Crippen molar-refractivity contribution in [2.45, 2.75) is 13.8 Å². The van der Waals surface area contributed by atoms with Crippen molar-refractivity contribution in [3.63, 3.8) is 0 Å². The molecule has 15 heavy (non-hydrogen) atoms. The van der Waals surface area contributed by atoms with Gasteiger partial charge in [-0.15, -0.1) is 0 Å². The highest BCUT2D eigenvalue weighted by Crippen LogP contribution is 2.04. The Kier molecular flexibility index (Phi) is 3.74. The Hall–Kier alpha value is -1.97. The lowest BCUT2D eigenvalue weighted by atomic mass is 10.3. The van der Waals surface area contributed by atoms with Gasteiger partial charge in [0.05, 0.1) is 11.0 Å². The molecular formula is C11H12N2O2. The van der Waals surface area contributed by atoms with E-state index in [0.717, 1.165) is 0 Å². The minimum Gasteiger partial charge on any atom is -0.319 e. The number of rotatable bonds is 1. The highest BCUT2D eigenvalue weighted by molar-refractivity contribution is 5.79. The van der Waals surface area contributed by atoms with E-state index < -0.39 is 5.56 Å². The minimum absolute atomic E-state index is 0.0845. The summed E-state index contributed by atoms with van der Waals surface area (Å²) < 4.78 is 0. The van der Waals surface area contributed by atoms with E-state index in [1.807, 2.05) is 13.8 Å². The maximum Gasteiger partial charge on any atom is 0.277 e. The normalized spacial score (nSPS) is 9.20. The van der Waals surface area contributed by atoms with Crippen molar-refractivity contribution in [1.82, 2.24) is 9.97 Å². The monoisotopic (exact) mass is 204 g/mol. The molecule has 78 valence electrons. The molecule has 1 heterocycles. The van der Waals surface area contributed by atoms with E-state index in [4.69, 9.17) is 0 Å². The van der Waals surface area contributed by atoms with E-state index in [1.165, 1.54) is 0 Å². The zero-order chi connectivity index (χ0) is 11.3. The van der Waals surface area contributed by atoms with Crippen molar-refractivity contribution >= 4 is 17.3 Å². The lowest BCUT2D eigenvalue weighted by molar-refractivity contribution is 0.111. The van der Waals surface area contributed by atoms with Gasteiger partial charge in [0.2, 0.25) is 0 Å². The van der Waals surface area contributed by atoms with Gasteiger partial charge in [0.1, 0.15) is 0 Å². The molecule has 0 aliphatic heterocycles. The Morgan fingerprint density at radius 3 is 2.60 bits per heavy atom. The van der Waals surface area contributed by atoms with Gasteiger partial charge in [-0.1, -0.05) is 26.0 Å². The van der Waals surface area contributed by atoms with Crippen LogP contribution < -0.4 is 5.56 Å². The van der Waals surface area contributed by atoms with Gasteiger partial charge >= 0.3 is 0 Å². The lowest BCUT2D eigenvalue weighted by Crippen LogP contribution is -2.13.